The number of nitrogens with one attached hydrogen (secondary N) is 1. The van der Waals surface area contributed by atoms with Gasteiger partial charge < -0.3 is 0 Å². The normalized spacial score (nSPS) is 10.3. The first-order valence-corrected chi connectivity index (χ1v) is 5.31. The first-order chi connectivity index (χ1) is 7.10. The molecular weight excluding hydrogens is 216 g/mol. The molecule has 1 aromatic heterocycles. The molecule has 0 radical (unpaired) electrons. The summed E-state index contributed by atoms with van der Waals surface area (Å²) in [5.41, 5.74) is 0.134. The van der Waals surface area contributed by atoms with Gasteiger partial charge in [0, 0.05) is 6.20 Å². The van der Waals surface area contributed by atoms with E-state index < -0.39 is 10.0 Å². The maximum atomic E-state index is 11.4. The second kappa shape index (κ2) is 4.51. The van der Waals surface area contributed by atoms with Gasteiger partial charge in [-0.15, -0.1) is 0 Å². The monoisotopic (exact) mass is 222 g/mol. The van der Waals surface area contributed by atoms with Gasteiger partial charge in [0.1, 0.15) is 16.7 Å². The zero-order chi connectivity index (χ0) is 11.3. The number of nitriles is 2. The zero-order valence-electron chi connectivity index (χ0n) is 7.51. The fraction of sp³-hybridized carbons (Fsp3) is 0.125. The highest BCUT2D eigenvalue weighted by molar-refractivity contribution is 7.89. The number of nitrogens with zero attached hydrogens (tertiary/aromatic N) is 3. The number of hydrogen-bond donors (Lipinski definition) is 1. The maximum absolute atomic E-state index is 11.4. The number of sulfonamides is 1. The molecular formula is C8H6N4O2S. The molecule has 0 bridgehead atoms. The van der Waals surface area contributed by atoms with Crippen molar-refractivity contribution in [3.05, 3.63) is 24.0 Å². The van der Waals surface area contributed by atoms with Crippen molar-refractivity contribution in [2.24, 2.45) is 0 Å². The average molecular weight is 222 g/mol. The van der Waals surface area contributed by atoms with Gasteiger partial charge in [0.15, 0.2) is 0 Å². The van der Waals surface area contributed by atoms with E-state index >= 15 is 0 Å². The Morgan fingerprint density at radius 2 is 2.13 bits per heavy atom. The third-order valence-corrected chi connectivity index (χ3v) is 2.89. The Hall–Kier alpha value is -1.96. The van der Waals surface area contributed by atoms with Crippen LogP contribution in [0.5, 0.6) is 0 Å². The van der Waals surface area contributed by atoms with E-state index in [1.165, 1.54) is 12.1 Å². The fourth-order valence-corrected chi connectivity index (χ4v) is 1.68. The van der Waals surface area contributed by atoms with Crippen LogP contribution in [0.15, 0.2) is 23.2 Å². The second-order valence-electron chi connectivity index (χ2n) is 2.47. The summed E-state index contributed by atoms with van der Waals surface area (Å²) in [6.45, 7) is -0.303. The number of aromatic nitrogens is 1. The van der Waals surface area contributed by atoms with E-state index in [-0.39, 0.29) is 17.1 Å². The lowest BCUT2D eigenvalue weighted by Gasteiger charge is -2.01. The molecule has 7 heteroatoms. The van der Waals surface area contributed by atoms with Gasteiger partial charge >= 0.3 is 0 Å². The minimum absolute atomic E-state index is 0.0725. The molecule has 0 amide bonds. The van der Waals surface area contributed by atoms with Crippen LogP contribution in [0.2, 0.25) is 0 Å². The lowest BCUT2D eigenvalue weighted by Crippen LogP contribution is -2.24. The SMILES string of the molecule is N#CCNS(=O)(=O)c1ccc(C#N)nc1. The summed E-state index contributed by atoms with van der Waals surface area (Å²) in [6, 6.07) is 5.97. The largest absolute Gasteiger partial charge is 0.244 e. The van der Waals surface area contributed by atoms with Crippen molar-refractivity contribution in [3.8, 4) is 12.1 Å². The van der Waals surface area contributed by atoms with Crippen LogP contribution in [-0.2, 0) is 10.0 Å². The van der Waals surface area contributed by atoms with Crippen LogP contribution in [-0.4, -0.2) is 19.9 Å². The Morgan fingerprint density at radius 3 is 2.60 bits per heavy atom. The van der Waals surface area contributed by atoms with E-state index in [1.807, 2.05) is 0 Å². The Balaban J connectivity index is 2.98. The highest BCUT2D eigenvalue weighted by Crippen LogP contribution is 2.06. The van der Waals surface area contributed by atoms with Gasteiger partial charge in [-0.3, -0.25) is 0 Å². The van der Waals surface area contributed by atoms with E-state index in [9.17, 15) is 8.42 Å². The molecule has 0 spiro atoms. The van der Waals surface area contributed by atoms with Gasteiger partial charge in [-0.25, -0.2) is 13.4 Å². The highest BCUT2D eigenvalue weighted by atomic mass is 32.2. The first-order valence-electron chi connectivity index (χ1n) is 3.83. The molecule has 0 saturated carbocycles. The van der Waals surface area contributed by atoms with Crippen LogP contribution in [0.25, 0.3) is 0 Å². The van der Waals surface area contributed by atoms with Gasteiger partial charge in [0.25, 0.3) is 0 Å². The molecule has 1 N–H and O–H groups in total. The number of pyridine rings is 1. The summed E-state index contributed by atoms with van der Waals surface area (Å²) >= 11 is 0. The molecule has 15 heavy (non-hydrogen) atoms. The summed E-state index contributed by atoms with van der Waals surface area (Å²) in [7, 11) is -3.69. The predicted octanol–water partition coefficient (Wildman–Crippen LogP) is -0.245. The molecule has 6 nitrogen and oxygen atoms in total. The van der Waals surface area contributed by atoms with E-state index in [2.05, 4.69) is 9.71 Å². The van der Waals surface area contributed by atoms with Crippen molar-refractivity contribution in [3.63, 3.8) is 0 Å². The molecule has 1 aromatic rings. The maximum Gasteiger partial charge on any atom is 0.243 e. The Labute approximate surface area is 86.8 Å². The Bertz CT molecular complexity index is 521. The molecule has 1 rings (SSSR count). The van der Waals surface area contributed by atoms with E-state index in [4.69, 9.17) is 10.5 Å². The van der Waals surface area contributed by atoms with E-state index in [1.54, 1.807) is 12.1 Å². The predicted molar refractivity (Wildman–Crippen MR) is 49.8 cm³/mol. The molecule has 0 aliphatic heterocycles. The van der Waals surface area contributed by atoms with Crippen molar-refractivity contribution in [1.82, 2.24) is 9.71 Å². The summed E-state index contributed by atoms with van der Waals surface area (Å²) in [5, 5.41) is 16.7. The minimum atomic E-state index is -3.69. The molecule has 0 atom stereocenters. The zero-order valence-corrected chi connectivity index (χ0v) is 8.32. The van der Waals surface area contributed by atoms with Crippen LogP contribution < -0.4 is 4.72 Å². The second-order valence-corrected chi connectivity index (χ2v) is 4.24. The lowest BCUT2D eigenvalue weighted by molar-refractivity contribution is 0.585. The van der Waals surface area contributed by atoms with Crippen LogP contribution in [0.1, 0.15) is 5.69 Å². The molecule has 1 heterocycles. The van der Waals surface area contributed by atoms with Crippen molar-refractivity contribution in [1.29, 1.82) is 10.5 Å². The fourth-order valence-electron chi connectivity index (χ4n) is 0.816. The van der Waals surface area contributed by atoms with Crippen molar-refractivity contribution in [2.75, 3.05) is 6.54 Å². The highest BCUT2D eigenvalue weighted by Gasteiger charge is 2.13. The smallest absolute Gasteiger partial charge is 0.243 e. The van der Waals surface area contributed by atoms with Crippen molar-refractivity contribution < 1.29 is 8.42 Å². The van der Waals surface area contributed by atoms with Crippen LogP contribution in [0.4, 0.5) is 0 Å². The molecule has 0 saturated heterocycles. The molecule has 76 valence electrons. The Morgan fingerprint density at radius 1 is 1.40 bits per heavy atom. The van der Waals surface area contributed by atoms with Crippen molar-refractivity contribution in [2.45, 2.75) is 4.90 Å². The van der Waals surface area contributed by atoms with Gasteiger partial charge in [-0.2, -0.15) is 15.2 Å². The number of rotatable bonds is 3. The topological polar surface area (TPSA) is 107 Å². The molecule has 0 aromatic carbocycles. The minimum Gasteiger partial charge on any atom is -0.244 e. The van der Waals surface area contributed by atoms with Crippen LogP contribution in [0, 0.1) is 22.7 Å². The standard InChI is InChI=1S/C8H6N4O2S/c9-3-4-12-15(13,14)8-2-1-7(5-10)11-6-8/h1-2,6,12H,4H2. The van der Waals surface area contributed by atoms with E-state index in [0.717, 1.165) is 6.20 Å². The van der Waals surface area contributed by atoms with Crippen LogP contribution in [0.3, 0.4) is 0 Å². The molecule has 0 fully saturated rings. The lowest BCUT2D eigenvalue weighted by atomic mass is 10.4. The average Bonchev–Trinajstić information content (AvgIpc) is 2.26. The van der Waals surface area contributed by atoms with Gasteiger partial charge in [0.2, 0.25) is 10.0 Å². The number of hydrogen-bond acceptors (Lipinski definition) is 5. The van der Waals surface area contributed by atoms with Gasteiger partial charge in [-0.1, -0.05) is 0 Å². The quantitative estimate of drug-likeness (QED) is 0.710. The summed E-state index contributed by atoms with van der Waals surface area (Å²) in [5.74, 6) is 0. The van der Waals surface area contributed by atoms with E-state index in [0.29, 0.717) is 0 Å². The Kier molecular flexibility index (Phi) is 3.34. The summed E-state index contributed by atoms with van der Waals surface area (Å²) in [4.78, 5) is 3.54. The first kappa shape index (κ1) is 11.1. The third-order valence-electron chi connectivity index (χ3n) is 1.50. The van der Waals surface area contributed by atoms with Crippen molar-refractivity contribution >= 4 is 10.0 Å². The molecule has 0 unspecified atom stereocenters. The third kappa shape index (κ3) is 2.74. The molecule has 0 aliphatic carbocycles. The molecule has 0 aliphatic rings. The summed E-state index contributed by atoms with van der Waals surface area (Å²) < 4.78 is 24.9. The van der Waals surface area contributed by atoms with Gasteiger partial charge in [0.05, 0.1) is 12.6 Å². The van der Waals surface area contributed by atoms with Crippen LogP contribution >= 0.6 is 0 Å². The van der Waals surface area contributed by atoms with Gasteiger partial charge in [-0.05, 0) is 12.1 Å². The summed E-state index contributed by atoms with van der Waals surface area (Å²) in [6.07, 6.45) is 1.07.